The molecule has 1 aromatic carbocycles. The van der Waals surface area contributed by atoms with Crippen LogP contribution in [0.3, 0.4) is 0 Å². The van der Waals surface area contributed by atoms with Crippen LogP contribution in [0.5, 0.6) is 5.75 Å². The van der Waals surface area contributed by atoms with Crippen LogP contribution in [0.2, 0.25) is 0 Å². The van der Waals surface area contributed by atoms with Crippen molar-refractivity contribution in [3.63, 3.8) is 0 Å². The summed E-state index contributed by atoms with van der Waals surface area (Å²) >= 11 is 3.31. The number of nitrogens with zero attached hydrogens (tertiary/aromatic N) is 1. The summed E-state index contributed by atoms with van der Waals surface area (Å²) in [5, 5.41) is 2.56. The van der Waals surface area contributed by atoms with Crippen molar-refractivity contribution in [3.05, 3.63) is 40.2 Å². The zero-order valence-corrected chi connectivity index (χ0v) is 11.4. The summed E-state index contributed by atoms with van der Waals surface area (Å²) in [6, 6.07) is 5.31. The van der Waals surface area contributed by atoms with E-state index in [1.54, 1.807) is 25.1 Å². The SMILES string of the molecule is COc1cc(Br)ccc1C(=O)Nc1nc(C)co1. The zero-order valence-electron chi connectivity index (χ0n) is 9.86. The van der Waals surface area contributed by atoms with Crippen LogP contribution in [-0.2, 0) is 0 Å². The fourth-order valence-electron chi connectivity index (χ4n) is 1.43. The molecular formula is C12H11BrN2O3. The van der Waals surface area contributed by atoms with E-state index in [9.17, 15) is 4.79 Å². The molecule has 1 N–H and O–H groups in total. The first-order valence-electron chi connectivity index (χ1n) is 5.17. The van der Waals surface area contributed by atoms with Gasteiger partial charge in [-0.3, -0.25) is 10.1 Å². The molecule has 94 valence electrons. The van der Waals surface area contributed by atoms with Crippen LogP contribution in [0.1, 0.15) is 16.1 Å². The van der Waals surface area contributed by atoms with E-state index in [4.69, 9.17) is 9.15 Å². The van der Waals surface area contributed by atoms with Gasteiger partial charge in [-0.05, 0) is 25.1 Å². The summed E-state index contributed by atoms with van der Waals surface area (Å²) in [4.78, 5) is 16.0. The molecule has 2 rings (SSSR count). The molecule has 18 heavy (non-hydrogen) atoms. The second kappa shape index (κ2) is 5.22. The van der Waals surface area contributed by atoms with Gasteiger partial charge < -0.3 is 9.15 Å². The molecule has 0 unspecified atom stereocenters. The minimum Gasteiger partial charge on any atom is -0.496 e. The molecular weight excluding hydrogens is 300 g/mol. The summed E-state index contributed by atoms with van der Waals surface area (Å²) in [6.45, 7) is 1.78. The van der Waals surface area contributed by atoms with Gasteiger partial charge in [0.2, 0.25) is 0 Å². The van der Waals surface area contributed by atoms with Gasteiger partial charge in [-0.1, -0.05) is 15.9 Å². The van der Waals surface area contributed by atoms with Gasteiger partial charge in [0.05, 0.1) is 18.4 Å². The molecule has 6 heteroatoms. The smallest absolute Gasteiger partial charge is 0.301 e. The van der Waals surface area contributed by atoms with Crippen molar-refractivity contribution >= 4 is 27.9 Å². The largest absolute Gasteiger partial charge is 0.496 e. The Morgan fingerprint density at radius 1 is 1.50 bits per heavy atom. The average molecular weight is 311 g/mol. The summed E-state index contributed by atoms with van der Waals surface area (Å²) < 4.78 is 11.0. The first-order chi connectivity index (χ1) is 8.60. The van der Waals surface area contributed by atoms with Gasteiger partial charge in [0, 0.05) is 4.47 Å². The second-order valence-corrected chi connectivity index (χ2v) is 4.51. The van der Waals surface area contributed by atoms with Gasteiger partial charge >= 0.3 is 6.01 Å². The lowest BCUT2D eigenvalue weighted by atomic mass is 10.2. The minimum absolute atomic E-state index is 0.169. The number of aromatic nitrogens is 1. The minimum atomic E-state index is -0.332. The van der Waals surface area contributed by atoms with Crippen LogP contribution in [0, 0.1) is 6.92 Å². The third-order valence-electron chi connectivity index (χ3n) is 2.25. The number of anilines is 1. The predicted molar refractivity (Wildman–Crippen MR) is 69.9 cm³/mol. The lowest BCUT2D eigenvalue weighted by molar-refractivity contribution is 0.102. The first kappa shape index (κ1) is 12.6. The van der Waals surface area contributed by atoms with Crippen molar-refractivity contribution in [1.29, 1.82) is 0 Å². The van der Waals surface area contributed by atoms with E-state index in [1.165, 1.54) is 13.4 Å². The van der Waals surface area contributed by atoms with E-state index in [0.717, 1.165) is 4.47 Å². The summed E-state index contributed by atoms with van der Waals surface area (Å²) in [5.41, 5.74) is 1.12. The predicted octanol–water partition coefficient (Wildman–Crippen LogP) is 3.01. The molecule has 5 nitrogen and oxygen atoms in total. The number of nitrogens with one attached hydrogen (secondary N) is 1. The van der Waals surface area contributed by atoms with E-state index >= 15 is 0 Å². The molecule has 0 spiro atoms. The normalized spacial score (nSPS) is 10.2. The van der Waals surface area contributed by atoms with E-state index in [1.807, 2.05) is 0 Å². The zero-order chi connectivity index (χ0) is 13.1. The highest BCUT2D eigenvalue weighted by atomic mass is 79.9. The van der Waals surface area contributed by atoms with Crippen molar-refractivity contribution < 1.29 is 13.9 Å². The highest BCUT2D eigenvalue weighted by molar-refractivity contribution is 9.10. The number of hydrogen-bond donors (Lipinski definition) is 1. The molecule has 1 aromatic heterocycles. The van der Waals surface area contributed by atoms with Gasteiger partial charge in [-0.15, -0.1) is 0 Å². The molecule has 1 amide bonds. The van der Waals surface area contributed by atoms with Crippen molar-refractivity contribution in [2.24, 2.45) is 0 Å². The number of oxazole rings is 1. The Labute approximate surface area is 112 Å². The molecule has 0 fully saturated rings. The molecule has 0 aliphatic heterocycles. The summed E-state index contributed by atoms with van der Waals surface area (Å²) in [7, 11) is 1.51. The number of rotatable bonds is 3. The van der Waals surface area contributed by atoms with Crippen LogP contribution in [0.25, 0.3) is 0 Å². The van der Waals surface area contributed by atoms with Gasteiger partial charge in [-0.25, -0.2) is 0 Å². The molecule has 2 aromatic rings. The van der Waals surface area contributed by atoms with Gasteiger partial charge in [0.1, 0.15) is 12.0 Å². The highest BCUT2D eigenvalue weighted by Crippen LogP contribution is 2.24. The summed E-state index contributed by atoms with van der Waals surface area (Å²) in [5.74, 6) is 0.145. The Kier molecular flexibility index (Phi) is 3.66. The second-order valence-electron chi connectivity index (χ2n) is 3.59. The molecule has 0 saturated carbocycles. The number of ether oxygens (including phenoxy) is 1. The third kappa shape index (κ3) is 2.70. The Bertz CT molecular complexity index is 580. The maximum Gasteiger partial charge on any atom is 0.301 e. The number of carbonyl (C=O) groups excluding carboxylic acids is 1. The van der Waals surface area contributed by atoms with Gasteiger partial charge in [-0.2, -0.15) is 4.98 Å². The van der Waals surface area contributed by atoms with Crippen molar-refractivity contribution in [2.75, 3.05) is 12.4 Å². The highest BCUT2D eigenvalue weighted by Gasteiger charge is 2.14. The number of carbonyl (C=O) groups is 1. The van der Waals surface area contributed by atoms with Crippen LogP contribution >= 0.6 is 15.9 Å². The number of benzene rings is 1. The lowest BCUT2D eigenvalue weighted by Crippen LogP contribution is -2.13. The molecule has 1 heterocycles. The summed E-state index contributed by atoms with van der Waals surface area (Å²) in [6.07, 6.45) is 1.47. The van der Waals surface area contributed by atoms with Crippen molar-refractivity contribution in [1.82, 2.24) is 4.98 Å². The average Bonchev–Trinajstić information content (AvgIpc) is 2.74. The molecule has 0 aliphatic rings. The number of methoxy groups -OCH3 is 1. The maximum absolute atomic E-state index is 12.0. The van der Waals surface area contributed by atoms with Crippen LogP contribution in [0.4, 0.5) is 6.01 Å². The fraction of sp³-hybridized carbons (Fsp3) is 0.167. The number of halogens is 1. The number of aryl methyl sites for hydroxylation is 1. The van der Waals surface area contributed by atoms with Crippen LogP contribution in [0.15, 0.2) is 33.4 Å². The Balaban J connectivity index is 2.23. The monoisotopic (exact) mass is 310 g/mol. The van der Waals surface area contributed by atoms with E-state index < -0.39 is 0 Å². The van der Waals surface area contributed by atoms with Crippen molar-refractivity contribution in [2.45, 2.75) is 6.92 Å². The van der Waals surface area contributed by atoms with Gasteiger partial charge in [0.15, 0.2) is 0 Å². The van der Waals surface area contributed by atoms with Crippen LogP contribution in [-0.4, -0.2) is 18.0 Å². The van der Waals surface area contributed by atoms with Crippen LogP contribution < -0.4 is 10.1 Å². The molecule has 0 saturated heterocycles. The molecule has 0 bridgehead atoms. The Morgan fingerprint density at radius 2 is 2.28 bits per heavy atom. The van der Waals surface area contributed by atoms with Gasteiger partial charge in [0.25, 0.3) is 5.91 Å². The fourth-order valence-corrected chi connectivity index (χ4v) is 1.77. The number of hydrogen-bond acceptors (Lipinski definition) is 4. The Morgan fingerprint density at radius 3 is 2.89 bits per heavy atom. The molecule has 0 aliphatic carbocycles. The quantitative estimate of drug-likeness (QED) is 0.946. The topological polar surface area (TPSA) is 64.4 Å². The third-order valence-corrected chi connectivity index (χ3v) is 2.74. The molecule has 0 atom stereocenters. The molecule has 0 radical (unpaired) electrons. The van der Waals surface area contributed by atoms with E-state index in [0.29, 0.717) is 17.0 Å². The first-order valence-corrected chi connectivity index (χ1v) is 5.96. The maximum atomic E-state index is 12.0. The Hall–Kier alpha value is -1.82. The number of amides is 1. The van der Waals surface area contributed by atoms with E-state index in [2.05, 4.69) is 26.2 Å². The van der Waals surface area contributed by atoms with Crippen molar-refractivity contribution in [3.8, 4) is 5.75 Å². The standard InChI is InChI=1S/C12H11BrN2O3/c1-7-6-18-12(14-7)15-11(16)9-4-3-8(13)5-10(9)17-2/h3-6H,1-2H3,(H,14,15,16). The van der Waals surface area contributed by atoms with E-state index in [-0.39, 0.29) is 11.9 Å². The lowest BCUT2D eigenvalue weighted by Gasteiger charge is -2.07.